The zero-order valence-corrected chi connectivity index (χ0v) is 11.3. The van der Waals surface area contributed by atoms with Crippen LogP contribution in [0.3, 0.4) is 0 Å². The van der Waals surface area contributed by atoms with E-state index >= 15 is 0 Å². The van der Waals surface area contributed by atoms with E-state index in [0.717, 1.165) is 0 Å². The molecule has 0 heterocycles. The summed E-state index contributed by atoms with van der Waals surface area (Å²) >= 11 is 5.82. The van der Waals surface area contributed by atoms with E-state index in [2.05, 4.69) is 0 Å². The lowest BCUT2D eigenvalue weighted by atomic mass is 10.2. The van der Waals surface area contributed by atoms with Gasteiger partial charge in [0.15, 0.2) is 0 Å². The minimum atomic E-state index is 0.318. The maximum Gasteiger partial charge on any atom is 0.145 e. The second-order valence-corrected chi connectivity index (χ2v) is 4.30. The van der Waals surface area contributed by atoms with Crippen LogP contribution in [-0.2, 0) is 0 Å². The van der Waals surface area contributed by atoms with Crippen LogP contribution in [0.2, 0.25) is 5.02 Å². The first kappa shape index (κ1) is 13.7. The number of ether oxygens (including phenoxy) is 2. The maximum atomic E-state index is 9.06. The second-order valence-electron chi connectivity index (χ2n) is 3.86. The van der Waals surface area contributed by atoms with Crippen LogP contribution < -0.4 is 9.47 Å². The molecule has 2 rings (SSSR count). The number of nitrogens with zero attached hydrogens (tertiary/aromatic N) is 2. The average Bonchev–Trinajstić information content (AvgIpc) is 2.48. The van der Waals surface area contributed by atoms with Gasteiger partial charge in [-0.1, -0.05) is 11.6 Å². The van der Waals surface area contributed by atoms with E-state index in [1.165, 1.54) is 13.2 Å². The predicted molar refractivity (Wildman–Crippen MR) is 74.0 cm³/mol. The molecule has 4 nitrogen and oxygen atoms in total. The molecule has 0 aromatic heterocycles. The van der Waals surface area contributed by atoms with E-state index < -0.39 is 0 Å². The van der Waals surface area contributed by atoms with Gasteiger partial charge in [-0.25, -0.2) is 0 Å². The highest BCUT2D eigenvalue weighted by Gasteiger charge is 2.08. The summed E-state index contributed by atoms with van der Waals surface area (Å²) in [4.78, 5) is 0. The van der Waals surface area contributed by atoms with Crippen molar-refractivity contribution in [1.29, 1.82) is 10.5 Å². The van der Waals surface area contributed by atoms with Gasteiger partial charge in [0.05, 0.1) is 24.3 Å². The Labute approximate surface area is 121 Å². The lowest BCUT2D eigenvalue weighted by Gasteiger charge is -2.09. The lowest BCUT2D eigenvalue weighted by Crippen LogP contribution is -1.91. The molecule has 0 bridgehead atoms. The molecule has 5 heteroatoms. The van der Waals surface area contributed by atoms with Crippen molar-refractivity contribution in [2.75, 3.05) is 7.11 Å². The van der Waals surface area contributed by atoms with Gasteiger partial charge in [-0.2, -0.15) is 10.5 Å². The third-order valence-corrected chi connectivity index (χ3v) is 2.77. The standard InChI is InChI=1S/C15H9ClN2O2/c1-19-13-4-10(8-17)5-14(7-13)20-15-3-2-12(16)6-11(15)9-18/h2-7H,1H3. The minimum absolute atomic E-state index is 0.318. The van der Waals surface area contributed by atoms with Crippen molar-refractivity contribution in [3.8, 4) is 29.4 Å². The largest absolute Gasteiger partial charge is 0.497 e. The molecular weight excluding hydrogens is 276 g/mol. The van der Waals surface area contributed by atoms with Gasteiger partial charge < -0.3 is 9.47 Å². The van der Waals surface area contributed by atoms with Crippen LogP contribution in [0.15, 0.2) is 36.4 Å². The maximum absolute atomic E-state index is 9.06. The molecule has 0 atom stereocenters. The number of methoxy groups -OCH3 is 1. The molecule has 0 aliphatic carbocycles. The van der Waals surface area contributed by atoms with Gasteiger partial charge in [0.25, 0.3) is 0 Å². The molecule has 98 valence electrons. The number of benzene rings is 2. The van der Waals surface area contributed by atoms with Gasteiger partial charge in [0.1, 0.15) is 23.3 Å². The van der Waals surface area contributed by atoms with Crippen LogP contribution in [0.4, 0.5) is 0 Å². The highest BCUT2D eigenvalue weighted by atomic mass is 35.5. The quantitative estimate of drug-likeness (QED) is 0.858. The van der Waals surface area contributed by atoms with Crippen molar-refractivity contribution in [3.05, 3.63) is 52.5 Å². The first-order valence-electron chi connectivity index (χ1n) is 5.63. The molecule has 2 aromatic rings. The average molecular weight is 285 g/mol. The first-order valence-corrected chi connectivity index (χ1v) is 6.00. The number of hydrogen-bond donors (Lipinski definition) is 0. The third-order valence-electron chi connectivity index (χ3n) is 2.53. The molecule has 0 radical (unpaired) electrons. The SMILES string of the molecule is COc1cc(C#N)cc(Oc2ccc(Cl)cc2C#N)c1. The van der Waals surface area contributed by atoms with Gasteiger partial charge in [-0.05, 0) is 30.3 Å². The van der Waals surface area contributed by atoms with E-state index in [1.807, 2.05) is 12.1 Å². The molecule has 0 amide bonds. The monoisotopic (exact) mass is 284 g/mol. The molecular formula is C15H9ClN2O2. The molecule has 0 aliphatic rings. The van der Waals surface area contributed by atoms with Crippen molar-refractivity contribution < 1.29 is 9.47 Å². The Kier molecular flexibility index (Phi) is 4.10. The number of rotatable bonds is 3. The Bertz CT molecular complexity index is 730. The Morgan fingerprint density at radius 1 is 1.00 bits per heavy atom. The summed E-state index contributed by atoms with van der Waals surface area (Å²) in [5.74, 6) is 1.29. The van der Waals surface area contributed by atoms with E-state index in [1.54, 1.807) is 30.3 Å². The summed E-state index contributed by atoms with van der Waals surface area (Å²) in [6.45, 7) is 0. The summed E-state index contributed by atoms with van der Waals surface area (Å²) < 4.78 is 10.7. The summed E-state index contributed by atoms with van der Waals surface area (Å²) in [6.07, 6.45) is 0. The van der Waals surface area contributed by atoms with Gasteiger partial charge in [0, 0.05) is 11.1 Å². The zero-order valence-electron chi connectivity index (χ0n) is 10.6. The molecule has 20 heavy (non-hydrogen) atoms. The Hall–Kier alpha value is -2.69. The van der Waals surface area contributed by atoms with Crippen LogP contribution in [-0.4, -0.2) is 7.11 Å². The molecule has 0 aliphatic heterocycles. The van der Waals surface area contributed by atoms with Crippen molar-refractivity contribution >= 4 is 11.6 Å². The summed E-state index contributed by atoms with van der Waals surface area (Å²) in [5, 5.41) is 18.5. The highest BCUT2D eigenvalue weighted by molar-refractivity contribution is 6.30. The van der Waals surface area contributed by atoms with E-state index in [4.69, 9.17) is 31.6 Å². The Balaban J connectivity index is 2.40. The van der Waals surface area contributed by atoms with E-state index in [9.17, 15) is 0 Å². The van der Waals surface area contributed by atoms with Gasteiger partial charge in [-0.3, -0.25) is 0 Å². The fraction of sp³-hybridized carbons (Fsp3) is 0.0667. The number of nitriles is 2. The van der Waals surface area contributed by atoms with Crippen LogP contribution >= 0.6 is 11.6 Å². The number of halogens is 1. The van der Waals surface area contributed by atoms with E-state index in [-0.39, 0.29) is 0 Å². The van der Waals surface area contributed by atoms with Crippen LogP contribution in [0.25, 0.3) is 0 Å². The normalized spacial score (nSPS) is 9.40. The summed E-state index contributed by atoms with van der Waals surface area (Å²) in [7, 11) is 1.50. The first-order chi connectivity index (χ1) is 9.66. The van der Waals surface area contributed by atoms with Crippen LogP contribution in [0.1, 0.15) is 11.1 Å². The lowest BCUT2D eigenvalue weighted by molar-refractivity contribution is 0.408. The third kappa shape index (κ3) is 3.00. The Morgan fingerprint density at radius 2 is 1.75 bits per heavy atom. The molecule has 0 saturated heterocycles. The van der Waals surface area contributed by atoms with Crippen molar-refractivity contribution in [1.82, 2.24) is 0 Å². The molecule has 0 unspecified atom stereocenters. The molecule has 2 aromatic carbocycles. The van der Waals surface area contributed by atoms with Gasteiger partial charge in [-0.15, -0.1) is 0 Å². The second kappa shape index (κ2) is 5.97. The van der Waals surface area contributed by atoms with Crippen molar-refractivity contribution in [2.24, 2.45) is 0 Å². The smallest absolute Gasteiger partial charge is 0.145 e. The van der Waals surface area contributed by atoms with Crippen molar-refractivity contribution in [2.45, 2.75) is 0 Å². The molecule has 0 fully saturated rings. The summed E-state index contributed by atoms with van der Waals surface area (Å²) in [6, 6.07) is 13.6. The fourth-order valence-electron chi connectivity index (χ4n) is 1.62. The Morgan fingerprint density at radius 3 is 2.40 bits per heavy atom. The predicted octanol–water partition coefficient (Wildman–Crippen LogP) is 3.88. The van der Waals surface area contributed by atoms with Crippen molar-refractivity contribution in [3.63, 3.8) is 0 Å². The van der Waals surface area contributed by atoms with E-state index in [0.29, 0.717) is 33.4 Å². The van der Waals surface area contributed by atoms with Crippen LogP contribution in [0, 0.1) is 22.7 Å². The topological polar surface area (TPSA) is 66.0 Å². The molecule has 0 N–H and O–H groups in total. The zero-order chi connectivity index (χ0) is 14.5. The molecule has 0 saturated carbocycles. The molecule has 0 spiro atoms. The van der Waals surface area contributed by atoms with Gasteiger partial charge in [0.2, 0.25) is 0 Å². The van der Waals surface area contributed by atoms with Gasteiger partial charge >= 0.3 is 0 Å². The minimum Gasteiger partial charge on any atom is -0.497 e. The fourth-order valence-corrected chi connectivity index (χ4v) is 1.79. The number of hydrogen-bond acceptors (Lipinski definition) is 4. The highest BCUT2D eigenvalue weighted by Crippen LogP contribution is 2.30. The summed E-state index contributed by atoms with van der Waals surface area (Å²) in [5.41, 5.74) is 0.727. The van der Waals surface area contributed by atoms with Crippen LogP contribution in [0.5, 0.6) is 17.2 Å².